The molecule has 190 valence electrons. The lowest BCUT2D eigenvalue weighted by Crippen LogP contribution is -2.35. The molecule has 37 heavy (non-hydrogen) atoms. The molecule has 0 saturated heterocycles. The molecule has 1 N–H and O–H groups in total. The largest absolute Gasteiger partial charge is 0.497 e. The number of nitro groups is 1. The van der Waals surface area contributed by atoms with Gasteiger partial charge < -0.3 is 19.3 Å². The molecule has 7 heteroatoms. The van der Waals surface area contributed by atoms with Crippen LogP contribution in [0, 0.1) is 10.1 Å². The van der Waals surface area contributed by atoms with Gasteiger partial charge in [-0.3, -0.25) is 10.1 Å². The Morgan fingerprint density at radius 2 is 1.24 bits per heavy atom. The summed E-state index contributed by atoms with van der Waals surface area (Å²) >= 11 is 0. The second-order valence-electron chi connectivity index (χ2n) is 8.44. The molecule has 0 saturated carbocycles. The van der Waals surface area contributed by atoms with Crippen molar-refractivity contribution >= 4 is 5.69 Å². The molecule has 0 spiro atoms. The summed E-state index contributed by atoms with van der Waals surface area (Å²) in [6.45, 7) is -0.215. The van der Waals surface area contributed by atoms with E-state index in [1.54, 1.807) is 32.4 Å². The van der Waals surface area contributed by atoms with Crippen LogP contribution in [0.2, 0.25) is 0 Å². The molecule has 0 aliphatic heterocycles. The van der Waals surface area contributed by atoms with Gasteiger partial charge in [-0.05, 0) is 47.0 Å². The third-order valence-corrected chi connectivity index (χ3v) is 6.36. The number of hydrogen-bond acceptors (Lipinski definition) is 6. The fourth-order valence-corrected chi connectivity index (χ4v) is 4.56. The van der Waals surface area contributed by atoms with Crippen LogP contribution in [0.15, 0.2) is 103 Å². The Kier molecular flexibility index (Phi) is 8.18. The third-order valence-electron chi connectivity index (χ3n) is 6.36. The van der Waals surface area contributed by atoms with Gasteiger partial charge in [0.2, 0.25) is 0 Å². The second kappa shape index (κ2) is 11.7. The van der Waals surface area contributed by atoms with Crippen LogP contribution in [-0.4, -0.2) is 30.9 Å². The summed E-state index contributed by atoms with van der Waals surface area (Å²) in [5.41, 5.74) is 1.57. The molecule has 0 aliphatic rings. The van der Waals surface area contributed by atoms with E-state index < -0.39 is 16.6 Å². The van der Waals surface area contributed by atoms with Crippen molar-refractivity contribution in [3.05, 3.63) is 135 Å². The Labute approximate surface area is 216 Å². The first-order valence-corrected chi connectivity index (χ1v) is 11.9. The molecule has 0 amide bonds. The average Bonchev–Trinajstić information content (AvgIpc) is 2.96. The molecule has 0 bridgehead atoms. The van der Waals surface area contributed by atoms with Gasteiger partial charge in [0, 0.05) is 19.1 Å². The normalized spacial score (nSPS) is 12.1. The summed E-state index contributed by atoms with van der Waals surface area (Å²) in [5, 5.41) is 21.9. The van der Waals surface area contributed by atoms with Gasteiger partial charge in [0.15, 0.2) is 0 Å². The molecule has 4 aromatic carbocycles. The van der Waals surface area contributed by atoms with Crippen molar-refractivity contribution in [1.82, 2.24) is 0 Å². The van der Waals surface area contributed by atoms with Crippen LogP contribution in [0.1, 0.15) is 34.8 Å². The number of hydrogen-bond donors (Lipinski definition) is 1. The molecule has 7 nitrogen and oxygen atoms in total. The quantitative estimate of drug-likeness (QED) is 0.154. The van der Waals surface area contributed by atoms with Gasteiger partial charge in [-0.25, -0.2) is 0 Å². The summed E-state index contributed by atoms with van der Waals surface area (Å²) in [6, 6.07) is 31.3. The molecule has 4 aromatic rings. The first-order chi connectivity index (χ1) is 18.0. The lowest BCUT2D eigenvalue weighted by atomic mass is 9.79. The summed E-state index contributed by atoms with van der Waals surface area (Å²) in [7, 11) is 3.20. The van der Waals surface area contributed by atoms with Gasteiger partial charge >= 0.3 is 0 Å². The predicted molar refractivity (Wildman–Crippen MR) is 141 cm³/mol. The molecule has 1 atom stereocenters. The highest BCUT2D eigenvalue weighted by Gasteiger charge is 2.41. The van der Waals surface area contributed by atoms with Crippen molar-refractivity contribution in [2.45, 2.75) is 18.1 Å². The number of rotatable bonds is 11. The van der Waals surface area contributed by atoms with Gasteiger partial charge in [-0.1, -0.05) is 66.7 Å². The Morgan fingerprint density at radius 1 is 0.757 bits per heavy atom. The number of methoxy groups -OCH3 is 2. The van der Waals surface area contributed by atoms with Gasteiger partial charge in [0.05, 0.1) is 30.8 Å². The van der Waals surface area contributed by atoms with E-state index in [1.807, 2.05) is 78.9 Å². The van der Waals surface area contributed by atoms with E-state index >= 15 is 0 Å². The molecule has 0 fully saturated rings. The Bertz CT molecular complexity index is 1260. The van der Waals surface area contributed by atoms with Gasteiger partial charge in [-0.15, -0.1) is 0 Å². The van der Waals surface area contributed by atoms with Crippen LogP contribution >= 0.6 is 0 Å². The Hall–Kier alpha value is -4.20. The molecule has 4 rings (SSSR count). The lowest BCUT2D eigenvalue weighted by molar-refractivity contribution is -0.386. The summed E-state index contributed by atoms with van der Waals surface area (Å²) < 4.78 is 17.8. The maximum absolute atomic E-state index is 11.9. The van der Waals surface area contributed by atoms with Crippen LogP contribution < -0.4 is 9.47 Å². The van der Waals surface area contributed by atoms with E-state index in [1.165, 1.54) is 6.07 Å². The molecular weight excluding hydrogens is 470 g/mol. The molecule has 0 aliphatic carbocycles. The van der Waals surface area contributed by atoms with Crippen molar-refractivity contribution < 1.29 is 24.2 Å². The van der Waals surface area contributed by atoms with Gasteiger partial charge in [0.25, 0.3) is 5.69 Å². The van der Waals surface area contributed by atoms with Gasteiger partial charge in [-0.2, -0.15) is 0 Å². The molecule has 0 heterocycles. The standard InChI is InChI=1S/C30H29NO6/c1-35-25-16-12-23(13-17-25)30(22-8-4-3-5-9-22,24-14-18-26(36-2)19-15-24)37-29(20-21-32)27-10-6-7-11-28(27)31(33)34/h3-19,29,32H,20-21H2,1-2H3. The third kappa shape index (κ3) is 5.33. The molecule has 1 unspecified atom stereocenters. The van der Waals surface area contributed by atoms with Gasteiger partial charge in [0.1, 0.15) is 17.1 Å². The van der Waals surface area contributed by atoms with Crippen LogP contribution in [0.4, 0.5) is 5.69 Å². The SMILES string of the molecule is COc1ccc(C(OC(CCO)c2ccccc2[N+](=O)[O-])(c2ccccc2)c2ccc(OC)cc2)cc1. The van der Waals surface area contributed by atoms with E-state index in [0.717, 1.165) is 16.7 Å². The molecule has 0 aromatic heterocycles. The van der Waals surface area contributed by atoms with E-state index in [0.29, 0.717) is 17.1 Å². The van der Waals surface area contributed by atoms with Crippen LogP contribution in [0.5, 0.6) is 11.5 Å². The number of para-hydroxylation sites is 1. The van der Waals surface area contributed by atoms with E-state index in [9.17, 15) is 15.2 Å². The van der Waals surface area contributed by atoms with Crippen LogP contribution in [-0.2, 0) is 10.3 Å². The maximum Gasteiger partial charge on any atom is 0.275 e. The fourth-order valence-electron chi connectivity index (χ4n) is 4.56. The lowest BCUT2D eigenvalue weighted by Gasteiger charge is -2.39. The number of nitrogens with zero attached hydrogens (tertiary/aromatic N) is 1. The monoisotopic (exact) mass is 499 g/mol. The number of nitro benzene ring substituents is 1. The van der Waals surface area contributed by atoms with Crippen LogP contribution in [0.3, 0.4) is 0 Å². The zero-order valence-corrected chi connectivity index (χ0v) is 20.7. The number of aliphatic hydroxyl groups excluding tert-OH is 1. The first kappa shape index (κ1) is 25.9. The molecular formula is C30H29NO6. The Morgan fingerprint density at radius 3 is 1.73 bits per heavy atom. The fraction of sp³-hybridized carbons (Fsp3) is 0.200. The van der Waals surface area contributed by atoms with E-state index in [2.05, 4.69) is 0 Å². The Balaban J connectivity index is 2.00. The first-order valence-electron chi connectivity index (χ1n) is 11.9. The summed E-state index contributed by atoms with van der Waals surface area (Å²) in [5.74, 6) is 1.37. The smallest absolute Gasteiger partial charge is 0.275 e. The highest BCUT2D eigenvalue weighted by atomic mass is 16.6. The summed E-state index contributed by atoms with van der Waals surface area (Å²) in [6.07, 6.45) is -0.637. The number of aliphatic hydroxyl groups is 1. The van der Waals surface area contributed by atoms with E-state index in [4.69, 9.17) is 14.2 Å². The van der Waals surface area contributed by atoms with Crippen molar-refractivity contribution in [2.24, 2.45) is 0 Å². The van der Waals surface area contributed by atoms with Crippen molar-refractivity contribution in [1.29, 1.82) is 0 Å². The zero-order chi connectivity index (χ0) is 26.3. The highest BCUT2D eigenvalue weighted by Crippen LogP contribution is 2.46. The summed E-state index contributed by atoms with van der Waals surface area (Å²) in [4.78, 5) is 11.5. The zero-order valence-electron chi connectivity index (χ0n) is 20.7. The minimum Gasteiger partial charge on any atom is -0.497 e. The predicted octanol–water partition coefficient (Wildman–Crippen LogP) is 6.04. The van der Waals surface area contributed by atoms with Crippen molar-refractivity contribution in [3.63, 3.8) is 0 Å². The number of ether oxygens (including phenoxy) is 3. The average molecular weight is 500 g/mol. The van der Waals surface area contributed by atoms with Crippen molar-refractivity contribution in [2.75, 3.05) is 20.8 Å². The number of benzene rings is 4. The topological polar surface area (TPSA) is 91.1 Å². The molecule has 0 radical (unpaired) electrons. The minimum atomic E-state index is -1.18. The second-order valence-corrected chi connectivity index (χ2v) is 8.44. The van der Waals surface area contributed by atoms with E-state index in [-0.39, 0.29) is 18.7 Å². The van der Waals surface area contributed by atoms with Crippen LogP contribution in [0.25, 0.3) is 0 Å². The highest BCUT2D eigenvalue weighted by molar-refractivity contribution is 5.50. The maximum atomic E-state index is 11.9. The minimum absolute atomic E-state index is 0.0626. The van der Waals surface area contributed by atoms with Crippen molar-refractivity contribution in [3.8, 4) is 11.5 Å².